The molecule has 0 saturated carbocycles. The van der Waals surface area contributed by atoms with Crippen molar-refractivity contribution in [2.24, 2.45) is 0 Å². The van der Waals surface area contributed by atoms with Gasteiger partial charge in [-0.05, 0) is 25.5 Å². The normalized spacial score (nSPS) is 13.3. The molecule has 1 atom stereocenters. The van der Waals surface area contributed by atoms with Crippen molar-refractivity contribution in [2.75, 3.05) is 6.61 Å². The van der Waals surface area contributed by atoms with E-state index in [0.717, 1.165) is 5.56 Å². The molecule has 0 heterocycles. The molecule has 0 spiro atoms. The summed E-state index contributed by atoms with van der Waals surface area (Å²) in [4.78, 5) is 0.0916. The number of hydrogen-bond acceptors (Lipinski definition) is 4. The largest absolute Gasteiger partial charge is 0.390 e. The van der Waals surface area contributed by atoms with Crippen molar-refractivity contribution in [3.05, 3.63) is 42.5 Å². The Morgan fingerprint density at radius 1 is 1.41 bits per heavy atom. The average molecular weight is 256 g/mol. The second-order valence-corrected chi connectivity index (χ2v) is 5.35. The first kappa shape index (κ1) is 13.9. The molecule has 1 rings (SSSR count). The van der Waals surface area contributed by atoms with Gasteiger partial charge in [0, 0.05) is 0 Å². The summed E-state index contributed by atoms with van der Waals surface area (Å²) in [5.41, 5.74) is 0.968. The molecule has 1 aromatic carbocycles. The van der Waals surface area contributed by atoms with Gasteiger partial charge in [-0.1, -0.05) is 23.8 Å². The smallest absolute Gasteiger partial charge is 0.297 e. The van der Waals surface area contributed by atoms with Crippen LogP contribution in [0.2, 0.25) is 0 Å². The minimum absolute atomic E-state index is 0.0916. The molecule has 0 bridgehead atoms. The Kier molecular flexibility index (Phi) is 4.86. The number of aliphatic hydroxyl groups excluding tert-OH is 1. The van der Waals surface area contributed by atoms with E-state index in [1.165, 1.54) is 18.2 Å². The van der Waals surface area contributed by atoms with Gasteiger partial charge in [-0.2, -0.15) is 8.42 Å². The minimum Gasteiger partial charge on any atom is -0.390 e. The first-order valence-electron chi connectivity index (χ1n) is 5.21. The van der Waals surface area contributed by atoms with E-state index in [9.17, 15) is 13.5 Å². The summed E-state index contributed by atoms with van der Waals surface area (Å²) < 4.78 is 28.1. The molecular formula is C12H16O4S. The lowest BCUT2D eigenvalue weighted by atomic mass is 10.2. The van der Waals surface area contributed by atoms with Crippen molar-refractivity contribution in [1.29, 1.82) is 0 Å². The molecule has 94 valence electrons. The van der Waals surface area contributed by atoms with Crippen LogP contribution in [0.15, 0.2) is 41.8 Å². The maximum absolute atomic E-state index is 11.7. The predicted octanol–water partition coefficient (Wildman–Crippen LogP) is 1.64. The second kappa shape index (κ2) is 5.95. The van der Waals surface area contributed by atoms with Crippen LogP contribution in [0.5, 0.6) is 0 Å². The highest BCUT2D eigenvalue weighted by Crippen LogP contribution is 2.13. The van der Waals surface area contributed by atoms with Gasteiger partial charge in [0.05, 0.1) is 17.6 Å². The van der Waals surface area contributed by atoms with Gasteiger partial charge in [-0.3, -0.25) is 4.18 Å². The van der Waals surface area contributed by atoms with Gasteiger partial charge in [0.15, 0.2) is 0 Å². The number of hydrogen-bond donors (Lipinski definition) is 1. The van der Waals surface area contributed by atoms with Crippen LogP contribution >= 0.6 is 0 Å². The van der Waals surface area contributed by atoms with E-state index in [1.807, 2.05) is 6.92 Å². The van der Waals surface area contributed by atoms with Crippen molar-refractivity contribution >= 4 is 10.1 Å². The van der Waals surface area contributed by atoms with Crippen LogP contribution in [-0.2, 0) is 14.3 Å². The lowest BCUT2D eigenvalue weighted by Crippen LogP contribution is -2.18. The fraction of sp³-hybridized carbons (Fsp3) is 0.333. The Morgan fingerprint density at radius 3 is 2.53 bits per heavy atom. The summed E-state index contributed by atoms with van der Waals surface area (Å²) in [6.45, 7) is 5.05. The van der Waals surface area contributed by atoms with E-state index in [1.54, 1.807) is 12.1 Å². The van der Waals surface area contributed by atoms with Crippen LogP contribution < -0.4 is 0 Å². The van der Waals surface area contributed by atoms with Gasteiger partial charge in [-0.25, -0.2) is 0 Å². The number of benzene rings is 1. The molecule has 0 unspecified atom stereocenters. The Bertz CT molecular complexity index is 462. The van der Waals surface area contributed by atoms with Crippen LogP contribution in [0.25, 0.3) is 0 Å². The maximum Gasteiger partial charge on any atom is 0.297 e. The van der Waals surface area contributed by atoms with E-state index < -0.39 is 16.2 Å². The summed E-state index contributed by atoms with van der Waals surface area (Å²) in [7, 11) is -3.78. The molecule has 0 radical (unpaired) electrons. The van der Waals surface area contributed by atoms with Gasteiger partial charge < -0.3 is 5.11 Å². The van der Waals surface area contributed by atoms with E-state index >= 15 is 0 Å². The third kappa shape index (κ3) is 4.30. The topological polar surface area (TPSA) is 63.6 Å². The zero-order valence-corrected chi connectivity index (χ0v) is 10.5. The molecule has 17 heavy (non-hydrogen) atoms. The molecule has 1 N–H and O–H groups in total. The van der Waals surface area contributed by atoms with Crippen LogP contribution in [0.3, 0.4) is 0 Å². The number of rotatable bonds is 6. The molecule has 0 aromatic heterocycles. The van der Waals surface area contributed by atoms with Crippen molar-refractivity contribution in [3.63, 3.8) is 0 Å². The molecule has 5 heteroatoms. The molecule has 0 aliphatic carbocycles. The van der Waals surface area contributed by atoms with Crippen molar-refractivity contribution in [2.45, 2.75) is 24.3 Å². The molecule has 1 aromatic rings. The molecule has 0 aliphatic heterocycles. The first-order valence-corrected chi connectivity index (χ1v) is 6.61. The van der Waals surface area contributed by atoms with Crippen LogP contribution in [0, 0.1) is 6.92 Å². The number of aryl methyl sites for hydroxylation is 1. The van der Waals surface area contributed by atoms with E-state index in [4.69, 9.17) is 4.18 Å². The average Bonchev–Trinajstić information content (AvgIpc) is 2.28. The lowest BCUT2D eigenvalue weighted by molar-refractivity contribution is 0.113. The third-order valence-electron chi connectivity index (χ3n) is 2.16. The van der Waals surface area contributed by atoms with Crippen LogP contribution in [-0.4, -0.2) is 26.2 Å². The Morgan fingerprint density at radius 2 is 2.00 bits per heavy atom. The highest BCUT2D eigenvalue weighted by molar-refractivity contribution is 7.86. The minimum atomic E-state index is -3.78. The van der Waals surface area contributed by atoms with Crippen molar-refractivity contribution < 1.29 is 17.7 Å². The monoisotopic (exact) mass is 256 g/mol. The van der Waals surface area contributed by atoms with Gasteiger partial charge in [-0.15, -0.1) is 6.58 Å². The van der Waals surface area contributed by atoms with Gasteiger partial charge in [0.25, 0.3) is 10.1 Å². The summed E-state index contributed by atoms with van der Waals surface area (Å²) >= 11 is 0. The quantitative estimate of drug-likeness (QED) is 0.620. The van der Waals surface area contributed by atoms with Gasteiger partial charge in [0.1, 0.15) is 0 Å². The Balaban J connectivity index is 2.69. The fourth-order valence-electron chi connectivity index (χ4n) is 1.20. The van der Waals surface area contributed by atoms with Crippen molar-refractivity contribution in [3.8, 4) is 0 Å². The summed E-state index contributed by atoms with van der Waals surface area (Å²) in [5.74, 6) is 0. The highest BCUT2D eigenvalue weighted by atomic mass is 32.2. The molecular weight excluding hydrogens is 240 g/mol. The standard InChI is InChI=1S/C12H16O4S/c1-3-4-11(13)9-16-17(14,15)12-7-5-10(2)6-8-12/h3,5-8,11,13H,1,4,9H2,2H3/t11-/m0/s1. The molecule has 0 saturated heterocycles. The van der Waals surface area contributed by atoms with Crippen LogP contribution in [0.1, 0.15) is 12.0 Å². The Labute approximate surface area is 102 Å². The summed E-state index contributed by atoms with van der Waals surface area (Å²) in [6, 6.07) is 6.34. The SMILES string of the molecule is C=CC[C@H](O)COS(=O)(=O)c1ccc(C)cc1. The zero-order chi connectivity index (χ0) is 12.9. The Hall–Kier alpha value is -1.17. The molecule has 0 fully saturated rings. The zero-order valence-electron chi connectivity index (χ0n) is 9.67. The van der Waals surface area contributed by atoms with Crippen LogP contribution in [0.4, 0.5) is 0 Å². The molecule has 0 aliphatic rings. The van der Waals surface area contributed by atoms with E-state index in [-0.39, 0.29) is 11.5 Å². The van der Waals surface area contributed by atoms with Gasteiger partial charge in [0.2, 0.25) is 0 Å². The highest BCUT2D eigenvalue weighted by Gasteiger charge is 2.16. The first-order chi connectivity index (χ1) is 7.95. The van der Waals surface area contributed by atoms with E-state index in [2.05, 4.69) is 6.58 Å². The predicted molar refractivity (Wildman–Crippen MR) is 65.1 cm³/mol. The second-order valence-electron chi connectivity index (χ2n) is 3.73. The van der Waals surface area contributed by atoms with E-state index in [0.29, 0.717) is 6.42 Å². The molecule has 4 nitrogen and oxygen atoms in total. The summed E-state index contributed by atoms with van der Waals surface area (Å²) in [6.07, 6.45) is 0.948. The van der Waals surface area contributed by atoms with Crippen molar-refractivity contribution in [1.82, 2.24) is 0 Å². The summed E-state index contributed by atoms with van der Waals surface area (Å²) in [5, 5.41) is 9.34. The van der Waals surface area contributed by atoms with Gasteiger partial charge >= 0.3 is 0 Å². The molecule has 0 amide bonds. The fourth-order valence-corrected chi connectivity index (χ4v) is 2.14. The third-order valence-corrected chi connectivity index (χ3v) is 3.46. The maximum atomic E-state index is 11.7. The lowest BCUT2D eigenvalue weighted by Gasteiger charge is -2.09. The number of aliphatic hydroxyl groups is 1.